The van der Waals surface area contributed by atoms with Gasteiger partial charge in [-0.15, -0.1) is 0 Å². The quantitative estimate of drug-likeness (QED) is 0.0459. The summed E-state index contributed by atoms with van der Waals surface area (Å²) in [5.41, 5.74) is 0. The van der Waals surface area contributed by atoms with Crippen molar-refractivity contribution in [1.82, 2.24) is 0 Å². The van der Waals surface area contributed by atoms with Gasteiger partial charge < -0.3 is 42.6 Å². The highest BCUT2D eigenvalue weighted by Crippen LogP contribution is 2.14. The molecule has 1 unspecified atom stereocenters. The number of hydrogen-bond donors (Lipinski definition) is 0. The Morgan fingerprint density at radius 3 is 1.00 bits per heavy atom. The molecule has 1 atom stereocenters. The second-order valence-electron chi connectivity index (χ2n) is 12.8. The maximum absolute atomic E-state index is 11.9. The third-order valence-electron chi connectivity index (χ3n) is 8.18. The Morgan fingerprint density at radius 2 is 0.673 bits per heavy atom. The van der Waals surface area contributed by atoms with Crippen molar-refractivity contribution in [3.05, 3.63) is 0 Å². The fourth-order valence-corrected chi connectivity index (χ4v) is 4.87. The first-order valence-corrected chi connectivity index (χ1v) is 20.0. The number of hydrogen-bond acceptors (Lipinski definition) is 10. The van der Waals surface area contributed by atoms with E-state index >= 15 is 0 Å². The summed E-state index contributed by atoms with van der Waals surface area (Å²) in [6.07, 6.45) is 21.4. The summed E-state index contributed by atoms with van der Waals surface area (Å²) in [4.78, 5) is 11.9. The Hall–Kier alpha value is -0.850. The lowest BCUT2D eigenvalue weighted by Crippen LogP contribution is -2.15. The zero-order valence-electron chi connectivity index (χ0n) is 32.2. The van der Waals surface area contributed by atoms with Crippen LogP contribution < -0.4 is 0 Å². The Morgan fingerprint density at radius 1 is 0.388 bits per heavy atom. The van der Waals surface area contributed by atoms with Gasteiger partial charge in [0.2, 0.25) is 0 Å². The minimum absolute atomic E-state index is 0.125. The summed E-state index contributed by atoms with van der Waals surface area (Å²) >= 11 is 0. The van der Waals surface area contributed by atoms with Crippen LogP contribution in [0.25, 0.3) is 0 Å². The first kappa shape index (κ1) is 48.1. The maximum atomic E-state index is 11.9. The van der Waals surface area contributed by atoms with Crippen molar-refractivity contribution >= 4 is 5.97 Å². The van der Waals surface area contributed by atoms with Gasteiger partial charge in [0.25, 0.3) is 0 Å². The standard InChI is InChI=1S/C39H78O10/c1-4-6-7-8-9-10-11-12-13-14-15-16-17-18-19-20-39(40)49-36-35-47-32-31-45-28-27-43-24-23-41-21-22-42-25-26-44-29-30-46-33-34-48-37-38(3)5-2/h38H,4-37H2,1-3H3. The average Bonchev–Trinajstić information content (AvgIpc) is 3.11. The van der Waals surface area contributed by atoms with Crippen molar-refractivity contribution in [3.8, 4) is 0 Å². The van der Waals surface area contributed by atoms with Gasteiger partial charge in [-0.3, -0.25) is 4.79 Å². The van der Waals surface area contributed by atoms with Crippen molar-refractivity contribution < 1.29 is 47.4 Å². The molecule has 0 aliphatic heterocycles. The lowest BCUT2D eigenvalue weighted by molar-refractivity contribution is -0.145. The van der Waals surface area contributed by atoms with E-state index < -0.39 is 0 Å². The molecular formula is C39H78O10. The number of esters is 1. The largest absolute Gasteiger partial charge is 0.463 e. The molecule has 0 amide bonds. The van der Waals surface area contributed by atoms with Crippen LogP contribution in [0.4, 0.5) is 0 Å². The molecule has 0 aromatic heterocycles. The molecule has 0 aliphatic rings. The zero-order chi connectivity index (χ0) is 35.6. The molecular weight excluding hydrogens is 628 g/mol. The Labute approximate surface area is 301 Å². The van der Waals surface area contributed by atoms with Gasteiger partial charge >= 0.3 is 5.97 Å². The summed E-state index contributed by atoms with van der Waals surface area (Å²) in [5.74, 6) is 0.473. The van der Waals surface area contributed by atoms with Gasteiger partial charge in [-0.2, -0.15) is 0 Å². The van der Waals surface area contributed by atoms with E-state index in [9.17, 15) is 4.79 Å². The topological polar surface area (TPSA) is 100 Å². The predicted octanol–water partition coefficient (Wildman–Crippen LogP) is 7.97. The lowest BCUT2D eigenvalue weighted by Gasteiger charge is -2.10. The zero-order valence-corrected chi connectivity index (χ0v) is 32.2. The molecule has 294 valence electrons. The molecule has 49 heavy (non-hydrogen) atoms. The minimum atomic E-state index is -0.125. The molecule has 10 heteroatoms. The fraction of sp³-hybridized carbons (Fsp3) is 0.974. The van der Waals surface area contributed by atoms with E-state index in [1.54, 1.807) is 0 Å². The highest BCUT2D eigenvalue weighted by Gasteiger charge is 2.03. The van der Waals surface area contributed by atoms with Gasteiger partial charge in [0.05, 0.1) is 99.1 Å². The number of carbonyl (C=O) groups is 1. The molecule has 0 radical (unpaired) electrons. The third-order valence-corrected chi connectivity index (χ3v) is 8.18. The van der Waals surface area contributed by atoms with E-state index in [-0.39, 0.29) is 5.97 Å². The SMILES string of the molecule is CCCCCCCCCCCCCCCCCC(=O)OCCOCCOCCOCCOCCOCCOCCOCCOCC(C)CC. The summed E-state index contributed by atoms with van der Waals surface area (Å²) in [6.45, 7) is 15.5. The van der Waals surface area contributed by atoms with E-state index in [0.717, 1.165) is 25.9 Å². The summed E-state index contributed by atoms with van der Waals surface area (Å²) < 4.78 is 49.2. The Bertz CT molecular complexity index is 625. The highest BCUT2D eigenvalue weighted by atomic mass is 16.6. The minimum Gasteiger partial charge on any atom is -0.463 e. The van der Waals surface area contributed by atoms with Crippen LogP contribution in [0.3, 0.4) is 0 Å². The van der Waals surface area contributed by atoms with Crippen LogP contribution in [0.5, 0.6) is 0 Å². The fourth-order valence-electron chi connectivity index (χ4n) is 4.87. The monoisotopic (exact) mass is 707 g/mol. The molecule has 0 aromatic carbocycles. The van der Waals surface area contributed by atoms with E-state index in [0.29, 0.717) is 118 Å². The number of carbonyl (C=O) groups excluding carboxylic acids is 1. The molecule has 0 fully saturated rings. The van der Waals surface area contributed by atoms with E-state index in [4.69, 9.17) is 42.6 Å². The molecule has 0 N–H and O–H groups in total. The van der Waals surface area contributed by atoms with E-state index in [1.165, 1.54) is 83.5 Å². The Kier molecular flexibility index (Phi) is 42.6. The van der Waals surface area contributed by atoms with Crippen LogP contribution in [0.2, 0.25) is 0 Å². The van der Waals surface area contributed by atoms with Gasteiger partial charge in [-0.1, -0.05) is 117 Å². The maximum Gasteiger partial charge on any atom is 0.305 e. The van der Waals surface area contributed by atoms with Crippen LogP contribution in [0, 0.1) is 5.92 Å². The molecule has 0 saturated heterocycles. The van der Waals surface area contributed by atoms with Crippen LogP contribution in [0.1, 0.15) is 130 Å². The van der Waals surface area contributed by atoms with Crippen molar-refractivity contribution in [1.29, 1.82) is 0 Å². The summed E-state index contributed by atoms with van der Waals surface area (Å²) in [7, 11) is 0. The van der Waals surface area contributed by atoms with Crippen molar-refractivity contribution in [2.75, 3.05) is 112 Å². The molecule has 0 saturated carbocycles. The predicted molar refractivity (Wildman–Crippen MR) is 197 cm³/mol. The molecule has 0 rings (SSSR count). The first-order chi connectivity index (χ1) is 24.2. The molecule has 10 nitrogen and oxygen atoms in total. The molecule has 0 heterocycles. The number of unbranched alkanes of at least 4 members (excludes halogenated alkanes) is 14. The third kappa shape index (κ3) is 43.2. The number of rotatable bonds is 43. The van der Waals surface area contributed by atoms with E-state index in [1.807, 2.05) is 0 Å². The normalized spacial score (nSPS) is 12.1. The first-order valence-electron chi connectivity index (χ1n) is 20.0. The molecule has 0 bridgehead atoms. The van der Waals surface area contributed by atoms with Crippen molar-refractivity contribution in [3.63, 3.8) is 0 Å². The second kappa shape index (κ2) is 43.3. The van der Waals surface area contributed by atoms with Crippen LogP contribution in [-0.2, 0) is 47.4 Å². The van der Waals surface area contributed by atoms with Gasteiger partial charge in [0, 0.05) is 13.0 Å². The van der Waals surface area contributed by atoms with Gasteiger partial charge in [-0.05, 0) is 12.3 Å². The smallest absolute Gasteiger partial charge is 0.305 e. The molecule has 0 aliphatic carbocycles. The van der Waals surface area contributed by atoms with Gasteiger partial charge in [0.1, 0.15) is 6.61 Å². The number of ether oxygens (including phenoxy) is 9. The summed E-state index contributed by atoms with van der Waals surface area (Å²) in [6, 6.07) is 0. The van der Waals surface area contributed by atoms with Gasteiger partial charge in [-0.25, -0.2) is 0 Å². The Balaban J connectivity index is 3.14. The van der Waals surface area contributed by atoms with Crippen molar-refractivity contribution in [2.45, 2.75) is 130 Å². The van der Waals surface area contributed by atoms with Crippen molar-refractivity contribution in [2.24, 2.45) is 5.92 Å². The average molecular weight is 707 g/mol. The lowest BCUT2D eigenvalue weighted by atomic mass is 10.0. The summed E-state index contributed by atoms with van der Waals surface area (Å²) in [5, 5.41) is 0. The highest BCUT2D eigenvalue weighted by molar-refractivity contribution is 5.69. The van der Waals surface area contributed by atoms with Crippen LogP contribution in [0.15, 0.2) is 0 Å². The van der Waals surface area contributed by atoms with Gasteiger partial charge in [0.15, 0.2) is 0 Å². The molecule has 0 aromatic rings. The van der Waals surface area contributed by atoms with Crippen LogP contribution >= 0.6 is 0 Å². The molecule has 0 spiro atoms. The van der Waals surface area contributed by atoms with E-state index in [2.05, 4.69) is 20.8 Å². The second-order valence-corrected chi connectivity index (χ2v) is 12.8. The van der Waals surface area contributed by atoms with Crippen LogP contribution in [-0.4, -0.2) is 118 Å².